The molecule has 0 saturated heterocycles. The van der Waals surface area contributed by atoms with E-state index in [1.165, 1.54) is 11.3 Å². The third-order valence-electron chi connectivity index (χ3n) is 2.63. The Hall–Kier alpha value is -1.89. The Balaban J connectivity index is 1.77. The van der Waals surface area contributed by atoms with Crippen molar-refractivity contribution in [2.45, 2.75) is 20.3 Å². The van der Waals surface area contributed by atoms with Gasteiger partial charge in [-0.1, -0.05) is 13.8 Å². The lowest BCUT2D eigenvalue weighted by molar-refractivity contribution is 0.0950. The molecular formula is C13H19N5OS. The maximum Gasteiger partial charge on any atom is 0.270 e. The standard InChI is InChI=1S/C13H19N5OS/c1-9(2)5-16-13-18-11(7-20-13)12(19)15-4-3-10-6-14-8-17-10/h6-9H,3-5H2,1-2H3,(H,14,17)(H,15,19)(H,16,18). The molecule has 0 bridgehead atoms. The number of hydrogen-bond acceptors (Lipinski definition) is 5. The van der Waals surface area contributed by atoms with Crippen LogP contribution >= 0.6 is 11.3 Å². The summed E-state index contributed by atoms with van der Waals surface area (Å²) in [4.78, 5) is 23.1. The highest BCUT2D eigenvalue weighted by Gasteiger charge is 2.10. The van der Waals surface area contributed by atoms with Gasteiger partial charge >= 0.3 is 0 Å². The first kappa shape index (κ1) is 14.5. The van der Waals surface area contributed by atoms with Gasteiger partial charge in [0.2, 0.25) is 0 Å². The number of carbonyl (C=O) groups excluding carboxylic acids is 1. The van der Waals surface area contributed by atoms with Gasteiger partial charge in [0.15, 0.2) is 5.13 Å². The number of H-pyrrole nitrogens is 1. The zero-order valence-corrected chi connectivity index (χ0v) is 12.5. The molecule has 20 heavy (non-hydrogen) atoms. The Morgan fingerprint density at radius 2 is 2.35 bits per heavy atom. The Morgan fingerprint density at radius 3 is 3.05 bits per heavy atom. The largest absolute Gasteiger partial charge is 0.361 e. The second kappa shape index (κ2) is 7.04. The average molecular weight is 293 g/mol. The number of hydrogen-bond donors (Lipinski definition) is 3. The predicted octanol–water partition coefficient (Wildman–Crippen LogP) is 1.91. The first-order valence-electron chi connectivity index (χ1n) is 6.60. The predicted molar refractivity (Wildman–Crippen MR) is 80.1 cm³/mol. The number of thiazole rings is 1. The van der Waals surface area contributed by atoms with Crippen molar-refractivity contribution in [1.82, 2.24) is 20.3 Å². The van der Waals surface area contributed by atoms with Crippen molar-refractivity contribution < 1.29 is 4.79 Å². The summed E-state index contributed by atoms with van der Waals surface area (Å²) >= 11 is 1.45. The van der Waals surface area contributed by atoms with Gasteiger partial charge in [-0.05, 0) is 5.92 Å². The first-order valence-corrected chi connectivity index (χ1v) is 7.48. The molecule has 2 aromatic heterocycles. The number of nitrogens with zero attached hydrogens (tertiary/aromatic N) is 2. The molecule has 2 heterocycles. The third kappa shape index (κ3) is 4.34. The molecule has 3 N–H and O–H groups in total. The van der Waals surface area contributed by atoms with Crippen LogP contribution in [0.1, 0.15) is 30.0 Å². The molecule has 2 aromatic rings. The number of nitrogens with one attached hydrogen (secondary N) is 3. The number of aromatic amines is 1. The fourth-order valence-electron chi connectivity index (χ4n) is 1.57. The minimum atomic E-state index is -0.140. The minimum Gasteiger partial charge on any atom is -0.361 e. The van der Waals surface area contributed by atoms with Crippen molar-refractivity contribution in [2.24, 2.45) is 5.92 Å². The second-order valence-corrected chi connectivity index (χ2v) is 5.75. The topological polar surface area (TPSA) is 82.7 Å². The van der Waals surface area contributed by atoms with Crippen LogP contribution in [0.15, 0.2) is 17.9 Å². The molecule has 0 atom stereocenters. The van der Waals surface area contributed by atoms with Crippen molar-refractivity contribution in [1.29, 1.82) is 0 Å². The molecule has 0 aromatic carbocycles. The highest BCUT2D eigenvalue weighted by atomic mass is 32.1. The van der Waals surface area contributed by atoms with E-state index in [-0.39, 0.29) is 5.91 Å². The number of amides is 1. The molecule has 0 fully saturated rings. The summed E-state index contributed by atoms with van der Waals surface area (Å²) in [5.41, 5.74) is 1.47. The second-order valence-electron chi connectivity index (χ2n) is 4.90. The van der Waals surface area contributed by atoms with Crippen LogP contribution in [-0.2, 0) is 6.42 Å². The van der Waals surface area contributed by atoms with Gasteiger partial charge in [0.1, 0.15) is 5.69 Å². The lowest BCUT2D eigenvalue weighted by Crippen LogP contribution is -2.26. The number of rotatable bonds is 7. The molecule has 1 amide bonds. The summed E-state index contributed by atoms with van der Waals surface area (Å²) in [6.45, 7) is 5.68. The van der Waals surface area contributed by atoms with Gasteiger partial charge in [0, 0.05) is 36.8 Å². The number of anilines is 1. The van der Waals surface area contributed by atoms with E-state index < -0.39 is 0 Å². The van der Waals surface area contributed by atoms with E-state index in [1.807, 2.05) is 0 Å². The maximum absolute atomic E-state index is 11.9. The highest BCUT2D eigenvalue weighted by Crippen LogP contribution is 2.15. The molecule has 0 aliphatic carbocycles. The van der Waals surface area contributed by atoms with Crippen LogP contribution in [0.25, 0.3) is 0 Å². The van der Waals surface area contributed by atoms with Gasteiger partial charge in [0.25, 0.3) is 5.91 Å². The van der Waals surface area contributed by atoms with Crippen LogP contribution in [0.2, 0.25) is 0 Å². The molecule has 2 rings (SSSR count). The molecule has 7 heteroatoms. The number of imidazole rings is 1. The van der Waals surface area contributed by atoms with E-state index in [0.717, 1.165) is 23.8 Å². The van der Waals surface area contributed by atoms with E-state index in [1.54, 1.807) is 17.9 Å². The van der Waals surface area contributed by atoms with Crippen LogP contribution in [0.5, 0.6) is 0 Å². The third-order valence-corrected chi connectivity index (χ3v) is 3.43. The van der Waals surface area contributed by atoms with Crippen LogP contribution < -0.4 is 10.6 Å². The molecule has 0 spiro atoms. The van der Waals surface area contributed by atoms with E-state index in [9.17, 15) is 4.79 Å². The summed E-state index contributed by atoms with van der Waals surface area (Å²) in [5.74, 6) is 0.406. The van der Waals surface area contributed by atoms with Gasteiger partial charge < -0.3 is 15.6 Å². The Bertz CT molecular complexity index is 535. The van der Waals surface area contributed by atoms with Gasteiger partial charge in [-0.2, -0.15) is 0 Å². The van der Waals surface area contributed by atoms with Gasteiger partial charge in [-0.25, -0.2) is 9.97 Å². The summed E-state index contributed by atoms with van der Waals surface area (Å²) in [6, 6.07) is 0. The minimum absolute atomic E-state index is 0.140. The number of carbonyl (C=O) groups is 1. The van der Waals surface area contributed by atoms with Crippen molar-refractivity contribution in [3.8, 4) is 0 Å². The van der Waals surface area contributed by atoms with E-state index in [2.05, 4.69) is 39.4 Å². The van der Waals surface area contributed by atoms with Gasteiger partial charge in [0.05, 0.1) is 6.33 Å². The SMILES string of the molecule is CC(C)CNc1nc(C(=O)NCCc2cnc[nH]2)cs1. The van der Waals surface area contributed by atoms with Crippen LogP contribution in [0.3, 0.4) is 0 Å². The van der Waals surface area contributed by atoms with E-state index in [4.69, 9.17) is 0 Å². The zero-order chi connectivity index (χ0) is 14.4. The van der Waals surface area contributed by atoms with Gasteiger partial charge in [-0.15, -0.1) is 11.3 Å². The summed E-state index contributed by atoms with van der Waals surface area (Å²) in [6.07, 6.45) is 4.11. The van der Waals surface area contributed by atoms with Crippen LogP contribution in [0, 0.1) is 5.92 Å². The summed E-state index contributed by atoms with van der Waals surface area (Å²) in [7, 11) is 0. The van der Waals surface area contributed by atoms with E-state index >= 15 is 0 Å². The molecule has 0 aliphatic heterocycles. The van der Waals surface area contributed by atoms with E-state index in [0.29, 0.717) is 18.2 Å². The lowest BCUT2D eigenvalue weighted by Gasteiger charge is -2.04. The lowest BCUT2D eigenvalue weighted by atomic mass is 10.2. The number of aromatic nitrogens is 3. The molecule has 0 saturated carbocycles. The Labute approximate surface area is 122 Å². The maximum atomic E-state index is 11.9. The fourth-order valence-corrected chi connectivity index (χ4v) is 2.27. The van der Waals surface area contributed by atoms with Crippen LogP contribution in [-0.4, -0.2) is 33.9 Å². The fraction of sp³-hybridized carbons (Fsp3) is 0.462. The van der Waals surface area contributed by atoms with Crippen molar-refractivity contribution >= 4 is 22.4 Å². The Morgan fingerprint density at radius 1 is 1.50 bits per heavy atom. The van der Waals surface area contributed by atoms with Crippen LogP contribution in [0.4, 0.5) is 5.13 Å². The van der Waals surface area contributed by atoms with Crippen molar-refractivity contribution in [2.75, 3.05) is 18.4 Å². The molecule has 0 unspecified atom stereocenters. The first-order chi connectivity index (χ1) is 9.65. The zero-order valence-electron chi connectivity index (χ0n) is 11.6. The highest BCUT2D eigenvalue weighted by molar-refractivity contribution is 7.13. The average Bonchev–Trinajstić information content (AvgIpc) is 3.07. The molecule has 0 radical (unpaired) electrons. The smallest absolute Gasteiger partial charge is 0.270 e. The van der Waals surface area contributed by atoms with Gasteiger partial charge in [-0.3, -0.25) is 4.79 Å². The van der Waals surface area contributed by atoms with Crippen molar-refractivity contribution in [3.63, 3.8) is 0 Å². The summed E-state index contributed by atoms with van der Waals surface area (Å²) < 4.78 is 0. The summed E-state index contributed by atoms with van der Waals surface area (Å²) in [5, 5.41) is 8.62. The monoisotopic (exact) mass is 293 g/mol. The quantitative estimate of drug-likeness (QED) is 0.728. The van der Waals surface area contributed by atoms with Crippen molar-refractivity contribution in [3.05, 3.63) is 29.3 Å². The molecule has 108 valence electrons. The molecule has 0 aliphatic rings. The molecule has 6 nitrogen and oxygen atoms in total. The Kier molecular flexibility index (Phi) is 5.11. The molecular weight excluding hydrogens is 274 g/mol. The normalized spacial score (nSPS) is 10.8.